The standard InChI is InChI=1S/C23H35NO8/c1-11-8-16-19(15(10-24(6)7)22(28)32-16)21(31-14(4)27)23(5)18(30-13(3)26)9-17(20(11)23)29-12(2)25/h11,15-21H,8-10H2,1-7H3/t11-,15?,16+,17?,18?,19-,20-,21?,23-/m1/s1. The molecule has 4 unspecified atom stereocenters. The van der Waals surface area contributed by atoms with Crippen LogP contribution in [0.25, 0.3) is 0 Å². The summed E-state index contributed by atoms with van der Waals surface area (Å²) in [5.41, 5.74) is -0.866. The Morgan fingerprint density at radius 1 is 1.03 bits per heavy atom. The zero-order valence-electron chi connectivity index (χ0n) is 20.0. The van der Waals surface area contributed by atoms with Crippen molar-refractivity contribution in [2.45, 2.75) is 71.9 Å². The second kappa shape index (κ2) is 9.00. The number of esters is 4. The summed E-state index contributed by atoms with van der Waals surface area (Å²) in [6.45, 7) is 8.41. The van der Waals surface area contributed by atoms with Gasteiger partial charge in [0.15, 0.2) is 0 Å². The van der Waals surface area contributed by atoms with Crippen molar-refractivity contribution in [2.75, 3.05) is 20.6 Å². The van der Waals surface area contributed by atoms with Crippen LogP contribution in [-0.4, -0.2) is 73.8 Å². The summed E-state index contributed by atoms with van der Waals surface area (Å²) < 4.78 is 23.2. The molecule has 3 fully saturated rings. The van der Waals surface area contributed by atoms with Gasteiger partial charge in [0.05, 0.1) is 5.92 Å². The highest BCUT2D eigenvalue weighted by molar-refractivity contribution is 5.76. The van der Waals surface area contributed by atoms with Crippen LogP contribution in [0.3, 0.4) is 0 Å². The fraction of sp³-hybridized carbons (Fsp3) is 0.826. The highest BCUT2D eigenvalue weighted by atomic mass is 16.6. The molecule has 2 saturated carbocycles. The molecule has 3 rings (SSSR count). The number of hydrogen-bond donors (Lipinski definition) is 0. The summed E-state index contributed by atoms with van der Waals surface area (Å²) in [6, 6.07) is 0. The van der Waals surface area contributed by atoms with Gasteiger partial charge in [0, 0.05) is 51.0 Å². The van der Waals surface area contributed by atoms with E-state index in [0.29, 0.717) is 19.4 Å². The maximum Gasteiger partial charge on any atom is 0.311 e. The molecule has 2 aliphatic carbocycles. The zero-order valence-corrected chi connectivity index (χ0v) is 20.0. The lowest BCUT2D eigenvalue weighted by Crippen LogP contribution is -2.54. The Kier molecular flexibility index (Phi) is 6.88. The van der Waals surface area contributed by atoms with Crippen LogP contribution in [0.4, 0.5) is 0 Å². The highest BCUT2D eigenvalue weighted by Crippen LogP contribution is 2.59. The summed E-state index contributed by atoms with van der Waals surface area (Å²) in [5, 5.41) is 0. The molecule has 9 nitrogen and oxygen atoms in total. The van der Waals surface area contributed by atoms with E-state index in [2.05, 4.69) is 0 Å². The number of rotatable bonds is 5. The lowest BCUT2D eigenvalue weighted by Gasteiger charge is -2.45. The molecule has 9 atom stereocenters. The molecule has 0 spiro atoms. The normalized spacial score (nSPS) is 40.7. The van der Waals surface area contributed by atoms with Gasteiger partial charge in [-0.25, -0.2) is 0 Å². The number of ether oxygens (including phenoxy) is 4. The van der Waals surface area contributed by atoms with E-state index in [4.69, 9.17) is 18.9 Å². The SMILES string of the molecule is CC(=O)OC1CC(OC(C)=O)[C@@]2(C)C(OC(C)=O)[C@@H]3C(CN(C)C)C(=O)O[C@H]3C[C@@H](C)[C@H]12. The Labute approximate surface area is 189 Å². The van der Waals surface area contributed by atoms with Gasteiger partial charge in [0.25, 0.3) is 0 Å². The minimum absolute atomic E-state index is 0.0381. The van der Waals surface area contributed by atoms with E-state index in [9.17, 15) is 19.2 Å². The molecule has 0 bridgehead atoms. The minimum Gasteiger partial charge on any atom is -0.462 e. The van der Waals surface area contributed by atoms with Gasteiger partial charge in [-0.15, -0.1) is 0 Å². The third kappa shape index (κ3) is 4.36. The number of hydrogen-bond acceptors (Lipinski definition) is 9. The summed E-state index contributed by atoms with van der Waals surface area (Å²) in [5.74, 6) is -2.85. The molecule has 9 heteroatoms. The predicted octanol–water partition coefficient (Wildman–Crippen LogP) is 1.57. The number of fused-ring (bicyclic) bond motifs is 2. The molecular weight excluding hydrogens is 418 g/mol. The first-order chi connectivity index (χ1) is 14.9. The molecule has 0 aromatic rings. The number of carbonyl (C=O) groups excluding carboxylic acids is 4. The molecule has 0 N–H and O–H groups in total. The zero-order chi connectivity index (χ0) is 24.0. The van der Waals surface area contributed by atoms with Crippen LogP contribution in [0.2, 0.25) is 0 Å². The molecule has 0 radical (unpaired) electrons. The van der Waals surface area contributed by atoms with E-state index in [1.807, 2.05) is 32.8 Å². The first kappa shape index (κ1) is 24.5. The number of nitrogens with zero attached hydrogens (tertiary/aromatic N) is 1. The van der Waals surface area contributed by atoms with E-state index in [1.165, 1.54) is 20.8 Å². The van der Waals surface area contributed by atoms with Gasteiger partial charge >= 0.3 is 23.9 Å². The summed E-state index contributed by atoms with van der Waals surface area (Å²) >= 11 is 0. The van der Waals surface area contributed by atoms with Crippen molar-refractivity contribution >= 4 is 23.9 Å². The summed E-state index contributed by atoms with van der Waals surface area (Å²) in [4.78, 5) is 50.9. The molecule has 1 heterocycles. The Balaban J connectivity index is 2.15. The monoisotopic (exact) mass is 453 g/mol. The van der Waals surface area contributed by atoms with E-state index < -0.39 is 59.6 Å². The van der Waals surface area contributed by atoms with Gasteiger partial charge in [-0.2, -0.15) is 0 Å². The van der Waals surface area contributed by atoms with E-state index in [1.54, 1.807) is 0 Å². The molecule has 1 aliphatic heterocycles. The van der Waals surface area contributed by atoms with E-state index in [-0.39, 0.29) is 17.8 Å². The van der Waals surface area contributed by atoms with Crippen LogP contribution in [0.1, 0.15) is 47.5 Å². The molecular formula is C23H35NO8. The first-order valence-electron chi connectivity index (χ1n) is 11.2. The van der Waals surface area contributed by atoms with Gasteiger partial charge in [-0.05, 0) is 26.4 Å². The highest BCUT2D eigenvalue weighted by Gasteiger charge is 2.68. The fourth-order valence-corrected chi connectivity index (χ4v) is 6.53. The lowest BCUT2D eigenvalue weighted by atomic mass is 9.66. The van der Waals surface area contributed by atoms with Gasteiger partial charge in [-0.1, -0.05) is 13.8 Å². The Hall–Kier alpha value is -2.16. The van der Waals surface area contributed by atoms with Crippen molar-refractivity contribution in [3.05, 3.63) is 0 Å². The quantitative estimate of drug-likeness (QED) is 0.453. The average molecular weight is 454 g/mol. The largest absolute Gasteiger partial charge is 0.462 e. The van der Waals surface area contributed by atoms with Crippen LogP contribution in [-0.2, 0) is 38.1 Å². The minimum atomic E-state index is -0.866. The molecule has 180 valence electrons. The van der Waals surface area contributed by atoms with Gasteiger partial charge in [0.2, 0.25) is 0 Å². The summed E-state index contributed by atoms with van der Waals surface area (Å²) in [7, 11) is 3.75. The maximum absolute atomic E-state index is 12.8. The molecule has 0 aromatic heterocycles. The number of carbonyl (C=O) groups is 4. The topological polar surface area (TPSA) is 108 Å². The third-order valence-corrected chi connectivity index (χ3v) is 7.38. The Bertz CT molecular complexity index is 782. The van der Waals surface area contributed by atoms with Crippen molar-refractivity contribution in [3.63, 3.8) is 0 Å². The molecule has 1 saturated heterocycles. The molecule has 32 heavy (non-hydrogen) atoms. The molecule has 0 aromatic carbocycles. The van der Waals surface area contributed by atoms with Gasteiger partial charge in [0.1, 0.15) is 24.4 Å². The maximum atomic E-state index is 12.8. The Morgan fingerprint density at radius 3 is 2.16 bits per heavy atom. The Morgan fingerprint density at radius 2 is 1.62 bits per heavy atom. The fourth-order valence-electron chi connectivity index (χ4n) is 6.53. The van der Waals surface area contributed by atoms with Crippen LogP contribution < -0.4 is 0 Å². The van der Waals surface area contributed by atoms with E-state index in [0.717, 1.165) is 0 Å². The van der Waals surface area contributed by atoms with Crippen molar-refractivity contribution in [1.82, 2.24) is 4.90 Å². The lowest BCUT2D eigenvalue weighted by molar-refractivity contribution is -0.182. The van der Waals surface area contributed by atoms with Crippen LogP contribution in [0.5, 0.6) is 0 Å². The second-order valence-electron chi connectivity index (χ2n) is 10.0. The van der Waals surface area contributed by atoms with Crippen molar-refractivity contribution in [2.24, 2.45) is 29.1 Å². The average Bonchev–Trinajstić information content (AvgIpc) is 3.03. The van der Waals surface area contributed by atoms with E-state index >= 15 is 0 Å². The molecule has 0 amide bonds. The first-order valence-corrected chi connectivity index (χ1v) is 11.2. The van der Waals surface area contributed by atoms with Crippen LogP contribution >= 0.6 is 0 Å². The van der Waals surface area contributed by atoms with Crippen molar-refractivity contribution in [3.8, 4) is 0 Å². The van der Waals surface area contributed by atoms with Crippen molar-refractivity contribution < 1.29 is 38.1 Å². The summed E-state index contributed by atoms with van der Waals surface area (Å²) in [6.07, 6.45) is -1.48. The molecule has 3 aliphatic rings. The smallest absolute Gasteiger partial charge is 0.311 e. The predicted molar refractivity (Wildman–Crippen MR) is 112 cm³/mol. The van der Waals surface area contributed by atoms with Crippen LogP contribution in [0.15, 0.2) is 0 Å². The van der Waals surface area contributed by atoms with Crippen LogP contribution in [0, 0.1) is 29.1 Å². The second-order valence-corrected chi connectivity index (χ2v) is 10.0. The van der Waals surface area contributed by atoms with Crippen molar-refractivity contribution in [1.29, 1.82) is 0 Å². The third-order valence-electron chi connectivity index (χ3n) is 7.38. The van der Waals surface area contributed by atoms with Gasteiger partial charge in [-0.3, -0.25) is 19.2 Å². The van der Waals surface area contributed by atoms with Gasteiger partial charge < -0.3 is 23.8 Å².